The standard InChI is InChI=1S/C10H9N2O2/c11-6-9(10(12)13)14-7-8-4-2-1-3-5-8/h1-5H,7H2,(H2,12,13). The average molecular weight is 189 g/mol. The van der Waals surface area contributed by atoms with Gasteiger partial charge in [0.25, 0.3) is 12.0 Å². The first-order valence-corrected chi connectivity index (χ1v) is 3.97. The summed E-state index contributed by atoms with van der Waals surface area (Å²) < 4.78 is 4.92. The molecule has 0 saturated heterocycles. The molecule has 4 nitrogen and oxygen atoms in total. The lowest BCUT2D eigenvalue weighted by atomic mass is 10.2. The second-order valence-corrected chi connectivity index (χ2v) is 2.58. The molecule has 1 aromatic rings. The highest BCUT2D eigenvalue weighted by atomic mass is 16.5. The topological polar surface area (TPSA) is 76.1 Å². The lowest BCUT2D eigenvalue weighted by Crippen LogP contribution is -2.22. The SMILES string of the molecule is N#C[C](OCc1ccccc1)C(N)=O. The lowest BCUT2D eigenvalue weighted by Gasteiger charge is -2.04. The number of nitriles is 1. The molecule has 2 N–H and O–H groups in total. The third-order valence-electron chi connectivity index (χ3n) is 1.55. The molecule has 0 aliphatic rings. The van der Waals surface area contributed by atoms with Crippen molar-refractivity contribution in [2.75, 3.05) is 0 Å². The minimum atomic E-state index is -0.844. The largest absolute Gasteiger partial charge is 0.366 e. The van der Waals surface area contributed by atoms with Crippen molar-refractivity contribution in [3.63, 3.8) is 0 Å². The molecule has 0 unspecified atom stereocenters. The number of amides is 1. The Hall–Kier alpha value is -1.86. The molecule has 71 valence electrons. The van der Waals surface area contributed by atoms with E-state index in [2.05, 4.69) is 0 Å². The fourth-order valence-electron chi connectivity index (χ4n) is 0.888. The number of carbonyl (C=O) groups excluding carboxylic acids is 1. The van der Waals surface area contributed by atoms with Crippen LogP contribution in [0.4, 0.5) is 0 Å². The summed E-state index contributed by atoms with van der Waals surface area (Å²) in [7, 11) is 0. The minimum absolute atomic E-state index is 0.173. The van der Waals surface area contributed by atoms with E-state index in [-0.39, 0.29) is 12.7 Å². The van der Waals surface area contributed by atoms with E-state index in [0.29, 0.717) is 0 Å². The Labute approximate surface area is 81.9 Å². The fourth-order valence-corrected chi connectivity index (χ4v) is 0.888. The molecule has 4 heteroatoms. The van der Waals surface area contributed by atoms with Crippen LogP contribution in [0.5, 0.6) is 0 Å². The molecular formula is C10H9N2O2. The molecule has 0 aromatic heterocycles. The fraction of sp³-hybridized carbons (Fsp3) is 0.100. The molecule has 1 amide bonds. The highest BCUT2D eigenvalue weighted by Gasteiger charge is 2.16. The van der Waals surface area contributed by atoms with Crippen LogP contribution in [0.3, 0.4) is 0 Å². The van der Waals surface area contributed by atoms with Gasteiger partial charge in [0.1, 0.15) is 6.07 Å². The highest BCUT2D eigenvalue weighted by molar-refractivity contribution is 5.89. The number of ether oxygens (including phenoxy) is 1. The Kier molecular flexibility index (Phi) is 3.65. The van der Waals surface area contributed by atoms with Crippen molar-refractivity contribution in [1.29, 1.82) is 5.26 Å². The van der Waals surface area contributed by atoms with Gasteiger partial charge in [-0.1, -0.05) is 30.3 Å². The van der Waals surface area contributed by atoms with Gasteiger partial charge in [0.05, 0.1) is 6.61 Å². The summed E-state index contributed by atoms with van der Waals surface area (Å²) in [6.45, 7) is 0.173. The monoisotopic (exact) mass is 189 g/mol. The molecule has 1 aromatic carbocycles. The Morgan fingerprint density at radius 3 is 2.57 bits per heavy atom. The van der Waals surface area contributed by atoms with Crippen molar-refractivity contribution in [3.8, 4) is 6.07 Å². The smallest absolute Gasteiger partial charge is 0.285 e. The Morgan fingerprint density at radius 1 is 1.43 bits per heavy atom. The van der Waals surface area contributed by atoms with E-state index in [1.807, 2.05) is 30.3 Å². The van der Waals surface area contributed by atoms with Crippen LogP contribution in [-0.2, 0) is 16.1 Å². The van der Waals surface area contributed by atoms with Crippen LogP contribution < -0.4 is 5.73 Å². The number of benzene rings is 1. The van der Waals surface area contributed by atoms with Gasteiger partial charge in [-0.25, -0.2) is 0 Å². The molecule has 0 atom stereocenters. The van der Waals surface area contributed by atoms with Gasteiger partial charge in [0, 0.05) is 0 Å². The van der Waals surface area contributed by atoms with Crippen LogP contribution >= 0.6 is 0 Å². The number of primary amides is 1. The number of carbonyl (C=O) groups is 1. The van der Waals surface area contributed by atoms with Gasteiger partial charge in [0.15, 0.2) is 0 Å². The quantitative estimate of drug-likeness (QED) is 0.759. The Morgan fingerprint density at radius 2 is 2.07 bits per heavy atom. The molecule has 0 bridgehead atoms. The van der Waals surface area contributed by atoms with Crippen LogP contribution in [0.15, 0.2) is 30.3 Å². The van der Waals surface area contributed by atoms with Crippen molar-refractivity contribution in [2.24, 2.45) is 5.73 Å². The Balaban J connectivity index is 2.49. The molecule has 0 aliphatic carbocycles. The summed E-state index contributed by atoms with van der Waals surface area (Å²) in [4.78, 5) is 10.6. The summed E-state index contributed by atoms with van der Waals surface area (Å²) in [5.41, 5.74) is 5.76. The van der Waals surface area contributed by atoms with Gasteiger partial charge in [0.2, 0.25) is 0 Å². The zero-order valence-corrected chi connectivity index (χ0v) is 7.43. The zero-order chi connectivity index (χ0) is 10.4. The maximum atomic E-state index is 10.6. The van der Waals surface area contributed by atoms with E-state index < -0.39 is 5.91 Å². The van der Waals surface area contributed by atoms with Crippen LogP contribution in [-0.4, -0.2) is 5.91 Å². The average Bonchev–Trinajstić information content (AvgIpc) is 2.20. The van der Waals surface area contributed by atoms with E-state index in [0.717, 1.165) is 5.56 Å². The van der Waals surface area contributed by atoms with Crippen LogP contribution in [0.2, 0.25) is 0 Å². The van der Waals surface area contributed by atoms with Crippen LogP contribution in [0.25, 0.3) is 0 Å². The van der Waals surface area contributed by atoms with Crippen molar-refractivity contribution in [2.45, 2.75) is 6.61 Å². The normalized spacial score (nSPS) is 9.71. The number of hydrogen-bond donors (Lipinski definition) is 1. The first-order chi connectivity index (χ1) is 6.74. The summed E-state index contributed by atoms with van der Waals surface area (Å²) in [5.74, 6) is -0.844. The highest BCUT2D eigenvalue weighted by Crippen LogP contribution is 2.06. The zero-order valence-electron chi connectivity index (χ0n) is 7.43. The second kappa shape index (κ2) is 5.00. The van der Waals surface area contributed by atoms with E-state index in [1.165, 1.54) is 0 Å². The maximum Gasteiger partial charge on any atom is 0.285 e. The lowest BCUT2D eigenvalue weighted by molar-refractivity contribution is -0.120. The summed E-state index contributed by atoms with van der Waals surface area (Å²) in [6.07, 6.45) is -0.367. The maximum absolute atomic E-state index is 10.6. The van der Waals surface area contributed by atoms with E-state index in [4.69, 9.17) is 15.7 Å². The second-order valence-electron chi connectivity index (χ2n) is 2.58. The molecule has 0 heterocycles. The summed E-state index contributed by atoms with van der Waals surface area (Å²) in [6, 6.07) is 10.8. The predicted molar refractivity (Wildman–Crippen MR) is 49.3 cm³/mol. The molecule has 0 aliphatic heterocycles. The summed E-state index contributed by atoms with van der Waals surface area (Å²) >= 11 is 0. The van der Waals surface area contributed by atoms with Crippen molar-refractivity contribution >= 4 is 5.91 Å². The van der Waals surface area contributed by atoms with E-state index in [1.54, 1.807) is 6.07 Å². The predicted octanol–water partition coefficient (Wildman–Crippen LogP) is 0.744. The minimum Gasteiger partial charge on any atom is -0.366 e. The van der Waals surface area contributed by atoms with Gasteiger partial charge < -0.3 is 10.5 Å². The van der Waals surface area contributed by atoms with Crippen molar-refractivity contribution in [1.82, 2.24) is 0 Å². The first-order valence-electron chi connectivity index (χ1n) is 3.97. The molecular weight excluding hydrogens is 180 g/mol. The number of hydrogen-bond acceptors (Lipinski definition) is 3. The first kappa shape index (κ1) is 10.2. The number of rotatable bonds is 4. The van der Waals surface area contributed by atoms with Crippen molar-refractivity contribution in [3.05, 3.63) is 42.0 Å². The molecule has 0 spiro atoms. The Bertz CT molecular complexity index is 343. The van der Waals surface area contributed by atoms with Gasteiger partial charge in [-0.2, -0.15) is 5.26 Å². The van der Waals surface area contributed by atoms with Gasteiger partial charge in [-0.05, 0) is 5.56 Å². The number of nitrogens with two attached hydrogens (primary N) is 1. The van der Waals surface area contributed by atoms with E-state index >= 15 is 0 Å². The van der Waals surface area contributed by atoms with Gasteiger partial charge >= 0.3 is 0 Å². The van der Waals surface area contributed by atoms with Crippen LogP contribution in [0, 0.1) is 17.4 Å². The van der Waals surface area contributed by atoms with Gasteiger partial charge in [-0.3, -0.25) is 4.79 Å². The molecule has 0 saturated carbocycles. The molecule has 1 rings (SSSR count). The van der Waals surface area contributed by atoms with Crippen LogP contribution in [0.1, 0.15) is 5.56 Å². The molecule has 14 heavy (non-hydrogen) atoms. The van der Waals surface area contributed by atoms with Gasteiger partial charge in [-0.15, -0.1) is 0 Å². The van der Waals surface area contributed by atoms with E-state index in [9.17, 15) is 4.79 Å². The summed E-state index contributed by atoms with van der Waals surface area (Å²) in [5, 5.41) is 8.46. The molecule has 1 radical (unpaired) electrons. The third kappa shape index (κ3) is 2.88. The number of nitrogens with zero attached hydrogens (tertiary/aromatic N) is 1. The molecule has 0 fully saturated rings. The van der Waals surface area contributed by atoms with Crippen molar-refractivity contribution < 1.29 is 9.53 Å². The third-order valence-corrected chi connectivity index (χ3v) is 1.55.